The van der Waals surface area contributed by atoms with Crippen LogP contribution in [0.3, 0.4) is 0 Å². The number of aromatic nitrogens is 1. The summed E-state index contributed by atoms with van der Waals surface area (Å²) in [5.74, 6) is 0.667. The lowest BCUT2D eigenvalue weighted by Gasteiger charge is -2.33. The van der Waals surface area contributed by atoms with Gasteiger partial charge < -0.3 is 24.4 Å². The van der Waals surface area contributed by atoms with Crippen molar-refractivity contribution < 1.29 is 14.1 Å². The van der Waals surface area contributed by atoms with Crippen molar-refractivity contribution in [2.45, 2.75) is 56.8 Å². The Morgan fingerprint density at radius 2 is 1.97 bits per heavy atom. The maximum Gasteiger partial charge on any atom is 0.318 e. The number of benzene rings is 1. The molecule has 4 rings (SSSR count). The largest absolute Gasteiger partial charge is 0.611 e. The second-order valence-electron chi connectivity index (χ2n) is 8.68. The van der Waals surface area contributed by atoms with Crippen LogP contribution in [-0.4, -0.2) is 63.5 Å². The summed E-state index contributed by atoms with van der Waals surface area (Å²) in [4.78, 5) is 21.8. The van der Waals surface area contributed by atoms with Crippen LogP contribution >= 0.6 is 0 Å². The number of nitrogens with one attached hydrogen (secondary N) is 1. The number of carbonyl (C=O) groups excluding carboxylic acids is 1. The highest BCUT2D eigenvalue weighted by Crippen LogP contribution is 2.21. The number of nitrogens with zero attached hydrogens (tertiary/aromatic N) is 3. The van der Waals surface area contributed by atoms with Crippen LogP contribution in [0.5, 0.6) is 0 Å². The highest BCUT2D eigenvalue weighted by molar-refractivity contribution is 7.91. The molecular formula is C25H34N4O3S. The van der Waals surface area contributed by atoms with E-state index in [1.54, 1.807) is 11.1 Å². The van der Waals surface area contributed by atoms with Gasteiger partial charge in [-0.05, 0) is 65.5 Å². The van der Waals surface area contributed by atoms with Gasteiger partial charge in [0.2, 0.25) is 0 Å². The molecule has 7 nitrogen and oxygen atoms in total. The van der Waals surface area contributed by atoms with Crippen molar-refractivity contribution in [2.24, 2.45) is 0 Å². The molecule has 0 radical (unpaired) electrons. The third kappa shape index (κ3) is 6.47. The van der Waals surface area contributed by atoms with Crippen LogP contribution in [0.25, 0.3) is 0 Å². The van der Waals surface area contributed by atoms with E-state index >= 15 is 0 Å². The van der Waals surface area contributed by atoms with Crippen molar-refractivity contribution in [3.8, 4) is 0 Å². The van der Waals surface area contributed by atoms with Gasteiger partial charge in [0.25, 0.3) is 0 Å². The molecule has 3 heterocycles. The van der Waals surface area contributed by atoms with E-state index in [4.69, 9.17) is 4.74 Å². The third-order valence-electron chi connectivity index (χ3n) is 6.53. The Morgan fingerprint density at radius 1 is 1.21 bits per heavy atom. The predicted octanol–water partition coefficient (Wildman–Crippen LogP) is 3.31. The van der Waals surface area contributed by atoms with E-state index in [0.717, 1.165) is 67.2 Å². The highest BCUT2D eigenvalue weighted by Gasteiger charge is 2.23. The summed E-state index contributed by atoms with van der Waals surface area (Å²) in [6.07, 6.45) is 6.70. The van der Waals surface area contributed by atoms with Crippen LogP contribution < -0.4 is 5.32 Å². The number of carbonyl (C=O) groups is 1. The normalized spacial score (nSPS) is 17.2. The van der Waals surface area contributed by atoms with Crippen LogP contribution in [-0.2, 0) is 35.5 Å². The molecule has 0 spiro atoms. The fourth-order valence-corrected chi connectivity index (χ4v) is 5.64. The zero-order chi connectivity index (χ0) is 23.0. The highest BCUT2D eigenvalue weighted by atomic mass is 32.2. The number of urea groups is 1. The molecule has 0 saturated carbocycles. The Labute approximate surface area is 199 Å². The average molecular weight is 471 g/mol. The van der Waals surface area contributed by atoms with Gasteiger partial charge in [-0.1, -0.05) is 19.1 Å². The van der Waals surface area contributed by atoms with Gasteiger partial charge in [-0.2, -0.15) is 0 Å². The molecule has 0 aliphatic carbocycles. The fourth-order valence-electron chi connectivity index (χ4n) is 4.58. The number of ether oxygens (including phenoxy) is 1. The maximum atomic E-state index is 12.7. The Kier molecular flexibility index (Phi) is 8.61. The molecule has 1 N–H and O–H groups in total. The summed E-state index contributed by atoms with van der Waals surface area (Å²) in [6.45, 7) is 7.57. The van der Waals surface area contributed by atoms with Crippen molar-refractivity contribution in [1.82, 2.24) is 20.1 Å². The molecule has 33 heavy (non-hydrogen) atoms. The molecule has 1 aromatic heterocycles. The number of amides is 2. The topological polar surface area (TPSA) is 80.8 Å². The molecule has 1 fully saturated rings. The Hall–Kier alpha value is -2.13. The van der Waals surface area contributed by atoms with Crippen molar-refractivity contribution in [3.05, 3.63) is 59.4 Å². The van der Waals surface area contributed by atoms with Crippen LogP contribution in [0.4, 0.5) is 4.79 Å². The van der Waals surface area contributed by atoms with E-state index < -0.39 is 11.2 Å². The van der Waals surface area contributed by atoms with Crippen molar-refractivity contribution in [3.63, 3.8) is 0 Å². The lowest BCUT2D eigenvalue weighted by molar-refractivity contribution is 0.0359. The minimum absolute atomic E-state index is 0.0798. The van der Waals surface area contributed by atoms with Gasteiger partial charge in [-0.25, -0.2) is 4.79 Å². The van der Waals surface area contributed by atoms with E-state index in [9.17, 15) is 9.35 Å². The molecule has 2 aromatic rings. The summed E-state index contributed by atoms with van der Waals surface area (Å²) in [6, 6.07) is 10.2. The van der Waals surface area contributed by atoms with Crippen molar-refractivity contribution in [2.75, 3.05) is 32.1 Å². The number of pyridine rings is 1. The van der Waals surface area contributed by atoms with Gasteiger partial charge in [0.15, 0.2) is 4.90 Å². The predicted molar refractivity (Wildman–Crippen MR) is 129 cm³/mol. The quantitative estimate of drug-likeness (QED) is 0.569. The summed E-state index contributed by atoms with van der Waals surface area (Å²) < 4.78 is 18.2. The number of hydrogen-bond acceptors (Lipinski definition) is 5. The summed E-state index contributed by atoms with van der Waals surface area (Å²) in [5, 5.41) is 2.99. The SMILES string of the molecule is CCN(CCC[S+]([O-])c1ccc(CNC(=O)N2Cc3ccncc3C2)cc1)C1CCOCC1. The first kappa shape index (κ1) is 24.0. The number of fused-ring (bicyclic) bond motifs is 1. The van der Waals surface area contributed by atoms with Gasteiger partial charge in [0, 0.05) is 64.2 Å². The van der Waals surface area contributed by atoms with Gasteiger partial charge in [0.1, 0.15) is 5.75 Å². The van der Waals surface area contributed by atoms with E-state index in [-0.39, 0.29) is 6.03 Å². The second-order valence-corrected chi connectivity index (χ2v) is 10.2. The zero-order valence-corrected chi connectivity index (χ0v) is 20.2. The van der Waals surface area contributed by atoms with Gasteiger partial charge in [0.05, 0.1) is 0 Å². The molecule has 2 aliphatic heterocycles. The fraction of sp³-hybridized carbons (Fsp3) is 0.520. The Bertz CT molecular complexity index is 880. The first-order valence-corrected chi connectivity index (χ1v) is 13.2. The molecular weight excluding hydrogens is 436 g/mol. The smallest absolute Gasteiger partial charge is 0.318 e. The van der Waals surface area contributed by atoms with Gasteiger partial charge in [-0.3, -0.25) is 4.98 Å². The lowest BCUT2D eigenvalue weighted by Crippen LogP contribution is -2.40. The minimum Gasteiger partial charge on any atom is -0.611 e. The lowest BCUT2D eigenvalue weighted by atomic mass is 10.1. The molecule has 1 unspecified atom stereocenters. The first-order valence-electron chi connectivity index (χ1n) is 11.9. The first-order chi connectivity index (χ1) is 16.1. The van der Waals surface area contributed by atoms with E-state index in [1.165, 1.54) is 0 Å². The van der Waals surface area contributed by atoms with Crippen molar-refractivity contribution >= 4 is 17.2 Å². The second kappa shape index (κ2) is 11.8. The number of rotatable bonds is 9. The van der Waals surface area contributed by atoms with E-state index in [2.05, 4.69) is 22.1 Å². The van der Waals surface area contributed by atoms with Crippen LogP contribution in [0.2, 0.25) is 0 Å². The van der Waals surface area contributed by atoms with Gasteiger partial charge >= 0.3 is 6.03 Å². The van der Waals surface area contributed by atoms with Gasteiger partial charge in [-0.15, -0.1) is 0 Å². The molecule has 1 atom stereocenters. The summed E-state index contributed by atoms with van der Waals surface area (Å²) >= 11 is -1.01. The van der Waals surface area contributed by atoms with E-state index in [1.807, 2.05) is 36.5 Å². The van der Waals surface area contributed by atoms with Crippen LogP contribution in [0, 0.1) is 0 Å². The maximum absolute atomic E-state index is 12.7. The van der Waals surface area contributed by atoms with E-state index in [0.29, 0.717) is 31.4 Å². The molecule has 2 aliphatic rings. The molecule has 2 amide bonds. The zero-order valence-electron chi connectivity index (χ0n) is 19.4. The number of hydrogen-bond donors (Lipinski definition) is 1. The summed E-state index contributed by atoms with van der Waals surface area (Å²) in [5.41, 5.74) is 3.26. The molecule has 1 saturated heterocycles. The summed E-state index contributed by atoms with van der Waals surface area (Å²) in [7, 11) is 0. The minimum atomic E-state index is -1.01. The molecule has 1 aromatic carbocycles. The standard InChI is InChI=1S/C25H34N4O3S/c1-2-28(23-9-13-32-14-10-23)12-3-15-33(31)24-6-4-20(5-7-24)16-27-25(30)29-18-21-8-11-26-17-22(21)19-29/h4-8,11,17,23H,2-3,9-10,12-16,18-19H2,1H3,(H,27,30). The van der Waals surface area contributed by atoms with Crippen LogP contribution in [0.15, 0.2) is 47.6 Å². The van der Waals surface area contributed by atoms with Crippen molar-refractivity contribution in [1.29, 1.82) is 0 Å². The Morgan fingerprint density at radius 3 is 2.70 bits per heavy atom. The Balaban J connectivity index is 1.19. The monoisotopic (exact) mass is 470 g/mol. The molecule has 178 valence electrons. The third-order valence-corrected chi connectivity index (χ3v) is 7.99. The van der Waals surface area contributed by atoms with Crippen LogP contribution in [0.1, 0.15) is 42.9 Å². The average Bonchev–Trinajstić information content (AvgIpc) is 3.30. The molecule has 8 heteroatoms. The molecule has 0 bridgehead atoms.